The molecule has 1 aliphatic heterocycles. The Hall–Kier alpha value is -2.18. The van der Waals surface area contributed by atoms with Gasteiger partial charge in [0, 0.05) is 19.6 Å². The molecule has 0 aliphatic carbocycles. The van der Waals surface area contributed by atoms with Crippen molar-refractivity contribution in [2.75, 3.05) is 19.6 Å². The molecule has 28 heavy (non-hydrogen) atoms. The normalized spacial score (nSPS) is 16.5. The second-order valence-electron chi connectivity index (χ2n) is 7.13. The first-order valence-corrected chi connectivity index (χ1v) is 10.9. The third-order valence-corrected chi connectivity index (χ3v) is 6.20. The average molecular weight is 400 g/mol. The highest BCUT2D eigenvalue weighted by Crippen LogP contribution is 2.22. The number of nitrogens with zero attached hydrogens (tertiary/aromatic N) is 2. The first kappa shape index (κ1) is 20.6. The Kier molecular flexibility index (Phi) is 7.23. The lowest BCUT2D eigenvalue weighted by Gasteiger charge is -2.23. The minimum Gasteiger partial charge on any atom is -0.350 e. The topological polar surface area (TPSA) is 52.7 Å². The molecule has 1 aliphatic rings. The molecule has 1 atom stereocenters. The van der Waals surface area contributed by atoms with Crippen LogP contribution in [-0.2, 0) is 17.9 Å². The highest BCUT2D eigenvalue weighted by molar-refractivity contribution is 7.12. The van der Waals surface area contributed by atoms with Crippen LogP contribution in [0.15, 0.2) is 41.8 Å². The molecular formula is C22H29N3O2S. The van der Waals surface area contributed by atoms with Crippen LogP contribution in [0.25, 0.3) is 0 Å². The lowest BCUT2D eigenvalue weighted by molar-refractivity contribution is -0.125. The summed E-state index contributed by atoms with van der Waals surface area (Å²) in [5, 5.41) is 4.90. The molecule has 0 spiro atoms. The van der Waals surface area contributed by atoms with Crippen LogP contribution in [0.3, 0.4) is 0 Å². The van der Waals surface area contributed by atoms with E-state index in [1.165, 1.54) is 16.9 Å². The fourth-order valence-corrected chi connectivity index (χ4v) is 4.28. The quantitative estimate of drug-likeness (QED) is 0.739. The number of hydrogen-bond donors (Lipinski definition) is 1. The van der Waals surface area contributed by atoms with Crippen molar-refractivity contribution >= 4 is 23.2 Å². The first-order valence-electron chi connectivity index (χ1n) is 10.0. The highest BCUT2D eigenvalue weighted by atomic mass is 32.1. The Bertz CT molecular complexity index is 770. The SMILES string of the molecule is CCN(CC)Cc1ccc(CNC(=O)C2CCCN2C(=O)c2cccs2)cc1. The summed E-state index contributed by atoms with van der Waals surface area (Å²) in [6.45, 7) is 8.50. The maximum atomic E-state index is 12.7. The fraction of sp³-hybridized carbons (Fsp3) is 0.455. The number of carbonyl (C=O) groups is 2. The standard InChI is InChI=1S/C22H29N3O2S/c1-3-24(4-2)16-18-11-9-17(10-12-18)15-23-21(26)19-7-5-13-25(19)22(27)20-8-6-14-28-20/h6,8-12,14,19H,3-5,7,13,15-16H2,1-2H3,(H,23,26). The Balaban J connectivity index is 1.54. The third kappa shape index (κ3) is 5.00. The maximum absolute atomic E-state index is 12.7. The van der Waals surface area contributed by atoms with Crippen molar-refractivity contribution in [2.45, 2.75) is 45.8 Å². The van der Waals surface area contributed by atoms with Gasteiger partial charge in [0.05, 0.1) is 4.88 Å². The minimum absolute atomic E-state index is 0.0339. The lowest BCUT2D eigenvalue weighted by Crippen LogP contribution is -2.45. The summed E-state index contributed by atoms with van der Waals surface area (Å²) in [6, 6.07) is 11.7. The van der Waals surface area contributed by atoms with Gasteiger partial charge >= 0.3 is 0 Å². The highest BCUT2D eigenvalue weighted by Gasteiger charge is 2.34. The molecule has 1 fully saturated rings. The molecule has 2 heterocycles. The summed E-state index contributed by atoms with van der Waals surface area (Å²) >= 11 is 1.42. The van der Waals surface area contributed by atoms with Crippen LogP contribution >= 0.6 is 11.3 Å². The largest absolute Gasteiger partial charge is 0.350 e. The summed E-state index contributed by atoms with van der Waals surface area (Å²) < 4.78 is 0. The van der Waals surface area contributed by atoms with Crippen LogP contribution in [0, 0.1) is 0 Å². The summed E-state index contributed by atoms with van der Waals surface area (Å²) in [6.07, 6.45) is 1.60. The van der Waals surface area contributed by atoms with E-state index in [-0.39, 0.29) is 17.9 Å². The third-order valence-electron chi connectivity index (χ3n) is 5.34. The number of amides is 2. The van der Waals surface area contributed by atoms with E-state index in [1.54, 1.807) is 4.90 Å². The number of hydrogen-bond acceptors (Lipinski definition) is 4. The van der Waals surface area contributed by atoms with Crippen LogP contribution in [0.1, 0.15) is 47.5 Å². The Morgan fingerprint density at radius 1 is 1.14 bits per heavy atom. The van der Waals surface area contributed by atoms with Crippen molar-refractivity contribution in [1.29, 1.82) is 0 Å². The number of likely N-dealkylation sites (tertiary alicyclic amines) is 1. The van der Waals surface area contributed by atoms with Crippen molar-refractivity contribution in [3.05, 3.63) is 57.8 Å². The van der Waals surface area contributed by atoms with Gasteiger partial charge in [-0.05, 0) is 48.5 Å². The molecule has 1 saturated heterocycles. The van der Waals surface area contributed by atoms with E-state index in [0.717, 1.165) is 38.0 Å². The van der Waals surface area contributed by atoms with Crippen LogP contribution < -0.4 is 5.32 Å². The van der Waals surface area contributed by atoms with E-state index in [9.17, 15) is 9.59 Å². The molecule has 0 saturated carbocycles. The predicted molar refractivity (Wildman–Crippen MR) is 113 cm³/mol. The van der Waals surface area contributed by atoms with Gasteiger partial charge in [-0.25, -0.2) is 0 Å². The zero-order valence-corrected chi connectivity index (χ0v) is 17.5. The molecular weight excluding hydrogens is 370 g/mol. The van der Waals surface area contributed by atoms with Gasteiger partial charge in [-0.1, -0.05) is 44.2 Å². The Morgan fingerprint density at radius 2 is 1.86 bits per heavy atom. The minimum atomic E-state index is -0.364. The van der Waals surface area contributed by atoms with Gasteiger partial charge in [0.25, 0.3) is 5.91 Å². The lowest BCUT2D eigenvalue weighted by atomic mass is 10.1. The maximum Gasteiger partial charge on any atom is 0.264 e. The molecule has 6 heteroatoms. The van der Waals surface area contributed by atoms with E-state index in [1.807, 2.05) is 17.5 Å². The second kappa shape index (κ2) is 9.85. The molecule has 3 rings (SSSR count). The molecule has 1 N–H and O–H groups in total. The van der Waals surface area contributed by atoms with E-state index in [4.69, 9.17) is 0 Å². The van der Waals surface area contributed by atoms with Gasteiger partial charge in [-0.3, -0.25) is 14.5 Å². The number of rotatable bonds is 8. The van der Waals surface area contributed by atoms with E-state index in [0.29, 0.717) is 18.0 Å². The number of thiophene rings is 1. The summed E-state index contributed by atoms with van der Waals surface area (Å²) in [5.74, 6) is -0.0944. The molecule has 1 aromatic heterocycles. The Morgan fingerprint density at radius 3 is 2.50 bits per heavy atom. The number of carbonyl (C=O) groups excluding carboxylic acids is 2. The molecule has 0 radical (unpaired) electrons. The Labute approximate surface area is 171 Å². The van der Waals surface area contributed by atoms with Crippen molar-refractivity contribution < 1.29 is 9.59 Å². The van der Waals surface area contributed by atoms with Gasteiger partial charge in [-0.15, -0.1) is 11.3 Å². The van der Waals surface area contributed by atoms with Crippen LogP contribution in [0.5, 0.6) is 0 Å². The summed E-state index contributed by atoms with van der Waals surface area (Å²) in [4.78, 5) is 30.1. The molecule has 2 aromatic rings. The predicted octanol–water partition coefficient (Wildman–Crippen LogP) is 3.51. The zero-order valence-electron chi connectivity index (χ0n) is 16.7. The van der Waals surface area contributed by atoms with Crippen molar-refractivity contribution in [3.63, 3.8) is 0 Å². The van der Waals surface area contributed by atoms with Crippen molar-refractivity contribution in [2.24, 2.45) is 0 Å². The van der Waals surface area contributed by atoms with Crippen LogP contribution in [0.4, 0.5) is 0 Å². The van der Waals surface area contributed by atoms with Crippen LogP contribution in [-0.4, -0.2) is 47.3 Å². The molecule has 5 nitrogen and oxygen atoms in total. The van der Waals surface area contributed by atoms with Gasteiger partial charge in [0.2, 0.25) is 5.91 Å². The summed E-state index contributed by atoms with van der Waals surface area (Å²) in [7, 11) is 0. The molecule has 0 bridgehead atoms. The van der Waals surface area contributed by atoms with E-state index in [2.05, 4.69) is 48.3 Å². The van der Waals surface area contributed by atoms with Crippen molar-refractivity contribution in [3.8, 4) is 0 Å². The number of benzene rings is 1. The second-order valence-corrected chi connectivity index (χ2v) is 8.08. The fourth-order valence-electron chi connectivity index (χ4n) is 3.60. The molecule has 1 aromatic carbocycles. The van der Waals surface area contributed by atoms with Gasteiger partial charge in [0.15, 0.2) is 0 Å². The van der Waals surface area contributed by atoms with Gasteiger partial charge in [0.1, 0.15) is 6.04 Å². The van der Waals surface area contributed by atoms with Gasteiger partial charge < -0.3 is 10.2 Å². The molecule has 1 unspecified atom stereocenters. The van der Waals surface area contributed by atoms with Crippen molar-refractivity contribution in [1.82, 2.24) is 15.1 Å². The van der Waals surface area contributed by atoms with Crippen LogP contribution in [0.2, 0.25) is 0 Å². The van der Waals surface area contributed by atoms with E-state index >= 15 is 0 Å². The van der Waals surface area contributed by atoms with E-state index < -0.39 is 0 Å². The summed E-state index contributed by atoms with van der Waals surface area (Å²) in [5.41, 5.74) is 2.35. The van der Waals surface area contributed by atoms with Gasteiger partial charge in [-0.2, -0.15) is 0 Å². The average Bonchev–Trinajstić information content (AvgIpc) is 3.42. The monoisotopic (exact) mass is 399 g/mol. The first-order chi connectivity index (χ1) is 13.6. The smallest absolute Gasteiger partial charge is 0.264 e. The number of nitrogens with one attached hydrogen (secondary N) is 1. The molecule has 2 amide bonds. The zero-order chi connectivity index (χ0) is 19.9. The molecule has 150 valence electrons.